The lowest BCUT2D eigenvalue weighted by atomic mass is 10.1. The molecule has 0 aliphatic carbocycles. The minimum atomic E-state index is -1.99. The molecule has 112 valence electrons. The smallest absolute Gasteiger partial charge is 0.379 e. The fourth-order valence-corrected chi connectivity index (χ4v) is 3.15. The summed E-state index contributed by atoms with van der Waals surface area (Å²) in [6, 6.07) is 4.76. The highest BCUT2D eigenvalue weighted by molar-refractivity contribution is 7.93. The van der Waals surface area contributed by atoms with Gasteiger partial charge < -0.3 is 14.9 Å². The summed E-state index contributed by atoms with van der Waals surface area (Å²) in [5.41, 5.74) is 1.75. The molecule has 0 spiro atoms. The van der Waals surface area contributed by atoms with Crippen LogP contribution in [0.4, 0.5) is 0 Å². The highest BCUT2D eigenvalue weighted by atomic mass is 32.2. The molecular weight excluding hydrogens is 280 g/mol. The van der Waals surface area contributed by atoms with Gasteiger partial charge in [0.15, 0.2) is 0 Å². The molecule has 0 aliphatic rings. The molecule has 1 aromatic heterocycles. The van der Waals surface area contributed by atoms with E-state index in [-0.39, 0.29) is 11.4 Å². The first-order valence-corrected chi connectivity index (χ1v) is 7.71. The van der Waals surface area contributed by atoms with Crippen LogP contribution in [0.3, 0.4) is 0 Å². The predicted octanol–water partition coefficient (Wildman–Crippen LogP) is 1.92. The van der Waals surface area contributed by atoms with E-state index in [0.717, 1.165) is 19.3 Å². The first kappa shape index (κ1) is 16.9. The van der Waals surface area contributed by atoms with Crippen LogP contribution in [0.15, 0.2) is 29.4 Å². The maximum absolute atomic E-state index is 12.4. The van der Waals surface area contributed by atoms with E-state index in [9.17, 15) is 19.7 Å². The van der Waals surface area contributed by atoms with Crippen molar-refractivity contribution in [2.24, 2.45) is 0 Å². The molecule has 20 heavy (non-hydrogen) atoms. The van der Waals surface area contributed by atoms with Gasteiger partial charge in [-0.3, -0.25) is 0 Å². The van der Waals surface area contributed by atoms with Gasteiger partial charge in [0.05, 0.1) is 0 Å². The highest BCUT2D eigenvalue weighted by Crippen LogP contribution is 2.28. The summed E-state index contributed by atoms with van der Waals surface area (Å²) < 4.78 is 12.4. The molecule has 0 aromatic carbocycles. The third-order valence-electron chi connectivity index (χ3n) is 3.05. The van der Waals surface area contributed by atoms with E-state index in [1.807, 2.05) is 6.92 Å². The molecule has 1 aromatic rings. The quantitative estimate of drug-likeness (QED) is 0.365. The van der Waals surface area contributed by atoms with Crippen LogP contribution in [-0.4, -0.2) is 30.7 Å². The Kier molecular flexibility index (Phi) is 6.94. The molecule has 0 bridgehead atoms. The molecule has 6 nitrogen and oxygen atoms in total. The van der Waals surface area contributed by atoms with Crippen molar-refractivity contribution in [2.75, 3.05) is 0 Å². The van der Waals surface area contributed by atoms with Gasteiger partial charge in [-0.15, -0.1) is 5.48 Å². The van der Waals surface area contributed by atoms with Crippen LogP contribution >= 0.6 is 0 Å². The Bertz CT molecular complexity index is 418. The number of rotatable bonds is 9. The number of aromatic nitrogens is 1. The van der Waals surface area contributed by atoms with Crippen molar-refractivity contribution in [3.05, 3.63) is 24.4 Å². The van der Waals surface area contributed by atoms with Gasteiger partial charge in [0.25, 0.3) is 0 Å². The van der Waals surface area contributed by atoms with Crippen molar-refractivity contribution in [3.63, 3.8) is 0 Å². The SMILES string of the molecule is CCCCCCC(NO)(C(=O)O)[S+]([O-])c1ccccn1. The van der Waals surface area contributed by atoms with Crippen LogP contribution in [0, 0.1) is 0 Å². The molecule has 2 atom stereocenters. The summed E-state index contributed by atoms with van der Waals surface area (Å²) >= 11 is -1.99. The zero-order chi connectivity index (χ0) is 15.0. The van der Waals surface area contributed by atoms with Crippen molar-refractivity contribution in [1.82, 2.24) is 10.5 Å². The lowest BCUT2D eigenvalue weighted by Gasteiger charge is -2.29. The van der Waals surface area contributed by atoms with Crippen LogP contribution in [-0.2, 0) is 16.0 Å². The summed E-state index contributed by atoms with van der Waals surface area (Å²) in [6.07, 6.45) is 4.88. The van der Waals surface area contributed by atoms with Gasteiger partial charge in [-0.05, 0) is 12.5 Å². The van der Waals surface area contributed by atoms with Gasteiger partial charge in [-0.25, -0.2) is 9.78 Å². The number of nitrogens with zero attached hydrogens (tertiary/aromatic N) is 1. The maximum atomic E-state index is 12.4. The second kappa shape index (κ2) is 8.21. The monoisotopic (exact) mass is 300 g/mol. The van der Waals surface area contributed by atoms with Crippen LogP contribution in [0.1, 0.15) is 39.0 Å². The van der Waals surface area contributed by atoms with Gasteiger partial charge in [-0.2, -0.15) is 0 Å². The molecule has 0 fully saturated rings. The van der Waals surface area contributed by atoms with Crippen molar-refractivity contribution in [2.45, 2.75) is 48.9 Å². The summed E-state index contributed by atoms with van der Waals surface area (Å²) in [5.74, 6) is -1.35. The number of carbonyl (C=O) groups is 1. The van der Waals surface area contributed by atoms with E-state index in [0.29, 0.717) is 6.42 Å². The molecule has 0 amide bonds. The van der Waals surface area contributed by atoms with Crippen molar-refractivity contribution in [3.8, 4) is 0 Å². The average Bonchev–Trinajstić information content (AvgIpc) is 2.48. The third kappa shape index (κ3) is 3.92. The molecule has 0 radical (unpaired) electrons. The number of pyridine rings is 1. The van der Waals surface area contributed by atoms with Gasteiger partial charge in [0.2, 0.25) is 5.03 Å². The van der Waals surface area contributed by atoms with Gasteiger partial charge in [0, 0.05) is 29.9 Å². The Morgan fingerprint density at radius 2 is 2.20 bits per heavy atom. The standard InChI is InChI=1S/C13H20N2O4S/c1-2-3-4-6-9-13(15-18,12(16)17)20(19)11-8-5-7-10-14-11/h5,7-8,10,15,18H,2-4,6,9H2,1H3,(H,16,17). The Labute approximate surface area is 121 Å². The number of hydrogen-bond acceptors (Lipinski definition) is 5. The van der Waals surface area contributed by atoms with E-state index in [2.05, 4.69) is 4.98 Å². The fourth-order valence-electron chi connectivity index (χ4n) is 1.86. The summed E-state index contributed by atoms with van der Waals surface area (Å²) in [4.78, 5) is 13.5. The zero-order valence-electron chi connectivity index (χ0n) is 11.4. The maximum Gasteiger partial charge on any atom is 0.379 e. The number of unbranched alkanes of at least 4 members (excludes halogenated alkanes) is 3. The van der Waals surface area contributed by atoms with E-state index in [1.54, 1.807) is 17.6 Å². The second-order valence-electron chi connectivity index (χ2n) is 4.49. The Balaban J connectivity index is 2.89. The van der Waals surface area contributed by atoms with Crippen molar-refractivity contribution in [1.29, 1.82) is 0 Å². The molecule has 1 heterocycles. The van der Waals surface area contributed by atoms with Gasteiger partial charge in [0.1, 0.15) is 0 Å². The number of carboxylic acid groups (broad SMARTS) is 1. The molecular formula is C13H20N2O4S. The normalized spacial score (nSPS) is 15.6. The molecule has 0 aliphatic heterocycles. The molecule has 0 saturated carbocycles. The minimum Gasteiger partial charge on any atom is -0.608 e. The first-order valence-electron chi connectivity index (χ1n) is 6.56. The van der Waals surface area contributed by atoms with Crippen LogP contribution in [0.25, 0.3) is 0 Å². The third-order valence-corrected chi connectivity index (χ3v) is 4.78. The van der Waals surface area contributed by atoms with E-state index in [4.69, 9.17) is 0 Å². The number of nitrogens with one attached hydrogen (secondary N) is 1. The summed E-state index contributed by atoms with van der Waals surface area (Å²) in [7, 11) is 0. The lowest BCUT2D eigenvalue weighted by molar-refractivity contribution is -0.145. The fraction of sp³-hybridized carbons (Fsp3) is 0.538. The molecule has 3 N–H and O–H groups in total. The van der Waals surface area contributed by atoms with Crippen molar-refractivity contribution >= 4 is 17.1 Å². The molecule has 0 saturated heterocycles. The van der Waals surface area contributed by atoms with Crippen LogP contribution in [0.2, 0.25) is 0 Å². The zero-order valence-corrected chi connectivity index (χ0v) is 12.2. The summed E-state index contributed by atoms with van der Waals surface area (Å²) in [5, 5.41) is 18.8. The van der Waals surface area contributed by atoms with Crippen LogP contribution in [0.5, 0.6) is 0 Å². The van der Waals surface area contributed by atoms with Gasteiger partial charge >= 0.3 is 10.8 Å². The Morgan fingerprint density at radius 1 is 1.45 bits per heavy atom. The highest BCUT2D eigenvalue weighted by Gasteiger charge is 2.51. The number of carboxylic acids is 1. The molecule has 7 heteroatoms. The topological polar surface area (TPSA) is 106 Å². The Morgan fingerprint density at radius 3 is 2.70 bits per heavy atom. The predicted molar refractivity (Wildman–Crippen MR) is 74.7 cm³/mol. The number of hydrogen-bond donors (Lipinski definition) is 3. The van der Waals surface area contributed by atoms with Gasteiger partial charge in [-0.1, -0.05) is 32.3 Å². The number of hydroxylamine groups is 1. The second-order valence-corrected chi connectivity index (χ2v) is 6.14. The molecule has 1 rings (SSSR count). The van der Waals surface area contributed by atoms with E-state index < -0.39 is 22.0 Å². The van der Waals surface area contributed by atoms with E-state index in [1.165, 1.54) is 12.3 Å². The summed E-state index contributed by atoms with van der Waals surface area (Å²) in [6.45, 7) is 2.04. The van der Waals surface area contributed by atoms with Crippen molar-refractivity contribution < 1.29 is 19.7 Å². The van der Waals surface area contributed by atoms with Crippen LogP contribution < -0.4 is 5.48 Å². The number of aliphatic carboxylic acids is 1. The Hall–Kier alpha value is -1.15. The van der Waals surface area contributed by atoms with E-state index >= 15 is 0 Å². The average molecular weight is 300 g/mol. The largest absolute Gasteiger partial charge is 0.608 e. The first-order chi connectivity index (χ1) is 9.58. The lowest BCUT2D eigenvalue weighted by Crippen LogP contribution is -2.57. The minimum absolute atomic E-state index is 0.0714. The molecule has 2 unspecified atom stereocenters.